The minimum atomic E-state index is -0.974. The first-order valence-corrected chi connectivity index (χ1v) is 6.16. The number of carbonyl (C=O) groups is 1. The van der Waals surface area contributed by atoms with Crippen molar-refractivity contribution < 1.29 is 10.0 Å². The van der Waals surface area contributed by atoms with Crippen LogP contribution in [0, 0.1) is 5.41 Å². The summed E-state index contributed by atoms with van der Waals surface area (Å²) < 4.78 is 0. The van der Waals surface area contributed by atoms with Crippen LogP contribution in [0.3, 0.4) is 0 Å². The Morgan fingerprint density at radius 2 is 2.00 bits per heavy atom. The van der Waals surface area contributed by atoms with E-state index in [1.165, 1.54) is 0 Å². The van der Waals surface area contributed by atoms with Gasteiger partial charge in [0.15, 0.2) is 5.84 Å². The third-order valence-electron chi connectivity index (χ3n) is 3.64. The summed E-state index contributed by atoms with van der Waals surface area (Å²) in [6.07, 6.45) is 0.475. The first-order valence-electron chi connectivity index (χ1n) is 6.16. The maximum Gasteiger partial charge on any atom is 0.247 e. The van der Waals surface area contributed by atoms with E-state index in [9.17, 15) is 4.79 Å². The van der Waals surface area contributed by atoms with Crippen molar-refractivity contribution >= 4 is 11.7 Å². The molecule has 0 aromatic heterocycles. The molecule has 7 heteroatoms. The molecule has 0 bridgehead atoms. The van der Waals surface area contributed by atoms with Crippen LogP contribution in [0.5, 0.6) is 0 Å². The van der Waals surface area contributed by atoms with Crippen LogP contribution in [-0.2, 0) is 4.79 Å². The van der Waals surface area contributed by atoms with Gasteiger partial charge in [0.05, 0.1) is 0 Å². The van der Waals surface area contributed by atoms with Crippen molar-refractivity contribution in [2.24, 2.45) is 16.3 Å². The van der Waals surface area contributed by atoms with Gasteiger partial charge in [-0.05, 0) is 20.4 Å². The third kappa shape index (κ3) is 3.11. The second-order valence-corrected chi connectivity index (χ2v) is 4.90. The number of amides is 1. The Morgan fingerprint density at radius 1 is 1.44 bits per heavy atom. The molecule has 0 aromatic carbocycles. The molecule has 18 heavy (non-hydrogen) atoms. The third-order valence-corrected chi connectivity index (χ3v) is 3.64. The molecule has 1 atom stereocenters. The van der Waals surface area contributed by atoms with Gasteiger partial charge in [0.25, 0.3) is 0 Å². The summed E-state index contributed by atoms with van der Waals surface area (Å²) in [5.41, 5.74) is 7.47. The lowest BCUT2D eigenvalue weighted by Crippen LogP contribution is -2.57. The number of oxime groups is 1. The quantitative estimate of drug-likeness (QED) is 0.271. The highest BCUT2D eigenvalue weighted by Crippen LogP contribution is 2.21. The fraction of sp³-hybridized carbons (Fsp3) is 0.818. The van der Waals surface area contributed by atoms with Crippen molar-refractivity contribution in [2.45, 2.75) is 20.3 Å². The molecule has 1 heterocycles. The lowest BCUT2D eigenvalue weighted by molar-refractivity contribution is -0.133. The molecule has 104 valence electrons. The van der Waals surface area contributed by atoms with E-state index in [0.29, 0.717) is 6.42 Å². The largest absolute Gasteiger partial charge is 0.409 e. The minimum absolute atomic E-state index is 0.0587. The summed E-state index contributed by atoms with van der Waals surface area (Å²) >= 11 is 0. The van der Waals surface area contributed by atoms with Crippen molar-refractivity contribution in [3.8, 4) is 0 Å². The predicted octanol–water partition coefficient (Wildman–Crippen LogP) is -0.572. The van der Waals surface area contributed by atoms with E-state index in [1.54, 1.807) is 6.92 Å². The maximum absolute atomic E-state index is 12.2. The van der Waals surface area contributed by atoms with E-state index >= 15 is 0 Å². The van der Waals surface area contributed by atoms with E-state index in [0.717, 1.165) is 26.2 Å². The molecule has 0 saturated carbocycles. The second-order valence-electron chi connectivity index (χ2n) is 4.90. The SMILES string of the molecule is CCC(C)(C(=O)NN1CCN(C)CC1)C(N)=NO. The van der Waals surface area contributed by atoms with Gasteiger partial charge in [-0.25, -0.2) is 5.01 Å². The fourth-order valence-electron chi connectivity index (χ4n) is 1.75. The van der Waals surface area contributed by atoms with Crippen molar-refractivity contribution in [2.75, 3.05) is 33.2 Å². The topological polar surface area (TPSA) is 94.2 Å². The molecular formula is C11H23N5O2. The number of likely N-dealkylation sites (N-methyl/N-ethyl adjacent to an activating group) is 1. The number of rotatable bonds is 4. The number of hydrazine groups is 1. The molecule has 1 fully saturated rings. The van der Waals surface area contributed by atoms with Gasteiger partial charge in [0.1, 0.15) is 5.41 Å². The lowest BCUT2D eigenvalue weighted by Gasteiger charge is -2.35. The number of hydrogen-bond acceptors (Lipinski definition) is 5. The first-order chi connectivity index (χ1) is 8.43. The standard InChI is InChI=1S/C11H23N5O2/c1-4-11(2,9(12)14-18)10(17)13-16-7-5-15(3)6-8-16/h18H,4-8H2,1-3H3,(H2,12,14)(H,13,17). The van der Waals surface area contributed by atoms with Gasteiger partial charge in [0.2, 0.25) is 5.91 Å². The van der Waals surface area contributed by atoms with Gasteiger partial charge in [0, 0.05) is 26.2 Å². The van der Waals surface area contributed by atoms with Crippen LogP contribution < -0.4 is 11.2 Å². The maximum atomic E-state index is 12.2. The Morgan fingerprint density at radius 3 is 2.44 bits per heavy atom. The molecule has 0 spiro atoms. The molecule has 4 N–H and O–H groups in total. The summed E-state index contributed by atoms with van der Waals surface area (Å²) in [6.45, 7) is 6.88. The highest BCUT2D eigenvalue weighted by molar-refractivity contribution is 6.06. The number of hydrogen-bond donors (Lipinski definition) is 3. The average molecular weight is 257 g/mol. The number of piperazine rings is 1. The highest BCUT2D eigenvalue weighted by atomic mass is 16.4. The Balaban J connectivity index is 2.63. The highest BCUT2D eigenvalue weighted by Gasteiger charge is 2.37. The Kier molecular flexibility index (Phi) is 4.92. The summed E-state index contributed by atoms with van der Waals surface area (Å²) in [4.78, 5) is 14.4. The second kappa shape index (κ2) is 6.01. The van der Waals surface area contributed by atoms with Crippen LogP contribution in [0.25, 0.3) is 0 Å². The molecule has 1 aliphatic heterocycles. The minimum Gasteiger partial charge on any atom is -0.409 e. The van der Waals surface area contributed by atoms with Crippen LogP contribution >= 0.6 is 0 Å². The predicted molar refractivity (Wildman–Crippen MR) is 69.0 cm³/mol. The van der Waals surface area contributed by atoms with E-state index in [1.807, 2.05) is 19.0 Å². The molecule has 1 saturated heterocycles. The zero-order valence-corrected chi connectivity index (χ0v) is 11.3. The van der Waals surface area contributed by atoms with Gasteiger partial charge in [-0.1, -0.05) is 12.1 Å². The normalized spacial score (nSPS) is 22.5. The molecule has 1 unspecified atom stereocenters. The van der Waals surface area contributed by atoms with Gasteiger partial charge in [-0.15, -0.1) is 0 Å². The Bertz CT molecular complexity index is 325. The van der Waals surface area contributed by atoms with Crippen LogP contribution in [-0.4, -0.2) is 60.1 Å². The molecule has 1 amide bonds. The number of carbonyl (C=O) groups excluding carboxylic acids is 1. The Hall–Kier alpha value is -1.34. The van der Waals surface area contributed by atoms with Gasteiger partial charge in [-0.3, -0.25) is 10.2 Å². The van der Waals surface area contributed by atoms with Gasteiger partial charge in [-0.2, -0.15) is 0 Å². The monoisotopic (exact) mass is 257 g/mol. The van der Waals surface area contributed by atoms with E-state index in [-0.39, 0.29) is 11.7 Å². The molecule has 1 rings (SSSR count). The smallest absolute Gasteiger partial charge is 0.247 e. The molecule has 0 aromatic rings. The van der Waals surface area contributed by atoms with Crippen LogP contribution in [0.4, 0.5) is 0 Å². The molecular weight excluding hydrogens is 234 g/mol. The summed E-state index contributed by atoms with van der Waals surface area (Å²) in [6, 6.07) is 0. The van der Waals surface area contributed by atoms with Crippen molar-refractivity contribution in [3.05, 3.63) is 0 Å². The lowest BCUT2D eigenvalue weighted by atomic mass is 9.85. The van der Waals surface area contributed by atoms with Crippen LogP contribution in [0.1, 0.15) is 20.3 Å². The first kappa shape index (κ1) is 14.7. The zero-order valence-electron chi connectivity index (χ0n) is 11.3. The molecule has 1 aliphatic rings. The van der Waals surface area contributed by atoms with E-state index in [2.05, 4.69) is 15.5 Å². The number of amidine groups is 1. The van der Waals surface area contributed by atoms with Crippen molar-refractivity contribution in [3.63, 3.8) is 0 Å². The van der Waals surface area contributed by atoms with Crippen molar-refractivity contribution in [1.29, 1.82) is 0 Å². The zero-order chi connectivity index (χ0) is 13.8. The number of nitrogens with zero attached hydrogens (tertiary/aromatic N) is 3. The summed E-state index contributed by atoms with van der Waals surface area (Å²) in [5.74, 6) is -0.290. The van der Waals surface area contributed by atoms with E-state index < -0.39 is 5.41 Å². The van der Waals surface area contributed by atoms with Crippen molar-refractivity contribution in [1.82, 2.24) is 15.3 Å². The Labute approximate surface area is 108 Å². The van der Waals surface area contributed by atoms with E-state index in [4.69, 9.17) is 10.9 Å². The molecule has 0 radical (unpaired) electrons. The summed E-state index contributed by atoms with van der Waals surface area (Å²) in [5, 5.41) is 13.6. The van der Waals surface area contributed by atoms with Crippen LogP contribution in [0.15, 0.2) is 5.16 Å². The van der Waals surface area contributed by atoms with Gasteiger partial charge < -0.3 is 15.8 Å². The fourth-order valence-corrected chi connectivity index (χ4v) is 1.75. The number of nitrogens with two attached hydrogens (primary N) is 1. The molecule has 7 nitrogen and oxygen atoms in total. The number of nitrogens with one attached hydrogen (secondary N) is 1. The summed E-state index contributed by atoms with van der Waals surface area (Å²) in [7, 11) is 2.05. The van der Waals surface area contributed by atoms with Crippen LogP contribution in [0.2, 0.25) is 0 Å². The van der Waals surface area contributed by atoms with Gasteiger partial charge >= 0.3 is 0 Å². The average Bonchev–Trinajstić information content (AvgIpc) is 2.39. The molecule has 0 aliphatic carbocycles.